The molecule has 0 fully saturated rings. The number of nitrogen functional groups attached to an aromatic ring is 1. The largest absolute Gasteiger partial charge is 0.396 e. The summed E-state index contributed by atoms with van der Waals surface area (Å²) >= 11 is 0. The van der Waals surface area contributed by atoms with E-state index in [-0.39, 0.29) is 17.2 Å². The van der Waals surface area contributed by atoms with E-state index < -0.39 is 17.8 Å². The number of ether oxygens (including phenoxy) is 1. The molecule has 0 aliphatic rings. The fourth-order valence-electron chi connectivity index (χ4n) is 1.46. The third kappa shape index (κ3) is 4.51. The minimum Gasteiger partial charge on any atom is -0.396 e. The summed E-state index contributed by atoms with van der Waals surface area (Å²) in [5, 5.41) is 5.10. The van der Waals surface area contributed by atoms with Gasteiger partial charge in [-0.15, -0.1) is 0 Å². The van der Waals surface area contributed by atoms with E-state index in [0.29, 0.717) is 13.2 Å². The second kappa shape index (κ2) is 7.44. The molecule has 0 aliphatic heterocycles. The minimum atomic E-state index is -0.717. The first-order chi connectivity index (χ1) is 9.45. The van der Waals surface area contributed by atoms with Gasteiger partial charge in [0, 0.05) is 19.2 Å². The lowest BCUT2D eigenvalue weighted by Gasteiger charge is -2.14. The molecule has 20 heavy (non-hydrogen) atoms. The molecule has 0 saturated heterocycles. The number of nitrogens with one attached hydrogen (secondary N) is 2. The van der Waals surface area contributed by atoms with E-state index in [1.807, 2.05) is 0 Å². The number of hydrogen-bond donors (Lipinski definition) is 3. The molecule has 1 aromatic rings. The Morgan fingerprint density at radius 3 is 2.75 bits per heavy atom. The van der Waals surface area contributed by atoms with Crippen LogP contribution in [-0.4, -0.2) is 38.1 Å². The van der Waals surface area contributed by atoms with Crippen molar-refractivity contribution in [2.75, 3.05) is 26.0 Å². The van der Waals surface area contributed by atoms with Crippen molar-refractivity contribution in [2.45, 2.75) is 13.0 Å². The molecule has 0 saturated carbocycles. The van der Waals surface area contributed by atoms with Crippen LogP contribution in [0.25, 0.3) is 0 Å². The van der Waals surface area contributed by atoms with E-state index in [2.05, 4.69) is 10.6 Å². The Balaban J connectivity index is 2.56. The van der Waals surface area contributed by atoms with Gasteiger partial charge < -0.3 is 21.1 Å². The average molecular weight is 283 g/mol. The molecule has 0 spiro atoms. The summed E-state index contributed by atoms with van der Waals surface area (Å²) in [6, 6.07) is 2.91. The lowest BCUT2D eigenvalue weighted by molar-refractivity contribution is -0.122. The summed E-state index contributed by atoms with van der Waals surface area (Å²) in [5.41, 5.74) is 5.46. The molecule has 1 atom stereocenters. The third-order valence-corrected chi connectivity index (χ3v) is 2.60. The second-order valence-corrected chi connectivity index (χ2v) is 4.22. The van der Waals surface area contributed by atoms with Gasteiger partial charge in [-0.25, -0.2) is 4.39 Å². The lowest BCUT2D eigenvalue weighted by Crippen LogP contribution is -2.45. The Bertz CT molecular complexity index is 494. The van der Waals surface area contributed by atoms with Crippen LogP contribution in [0.3, 0.4) is 0 Å². The lowest BCUT2D eigenvalue weighted by atomic mass is 10.1. The van der Waals surface area contributed by atoms with Gasteiger partial charge in [0.1, 0.15) is 11.9 Å². The molecule has 0 aromatic heterocycles. The standard InChI is InChI=1S/C13H18FN3O3/c1-8(12(18)16-5-6-20-2)17-13(19)9-3-4-10(14)11(15)7-9/h3-4,7-8H,5-6,15H2,1-2H3,(H,16,18)(H,17,19). The van der Waals surface area contributed by atoms with E-state index in [4.69, 9.17) is 10.5 Å². The molecule has 1 rings (SSSR count). The maximum Gasteiger partial charge on any atom is 0.251 e. The summed E-state index contributed by atoms with van der Waals surface area (Å²) in [6.45, 7) is 2.30. The van der Waals surface area contributed by atoms with E-state index in [1.165, 1.54) is 19.2 Å². The zero-order valence-electron chi connectivity index (χ0n) is 11.4. The Morgan fingerprint density at radius 1 is 1.45 bits per heavy atom. The number of anilines is 1. The van der Waals surface area contributed by atoms with Gasteiger partial charge >= 0.3 is 0 Å². The van der Waals surface area contributed by atoms with Crippen LogP contribution in [0.15, 0.2) is 18.2 Å². The predicted octanol–water partition coefficient (Wildman–Crippen LogP) is 0.289. The van der Waals surface area contributed by atoms with Gasteiger partial charge in [-0.2, -0.15) is 0 Å². The normalized spacial score (nSPS) is 11.8. The third-order valence-electron chi connectivity index (χ3n) is 2.60. The summed E-state index contributed by atoms with van der Waals surface area (Å²) < 4.78 is 17.8. The quantitative estimate of drug-likeness (QED) is 0.516. The molecular formula is C13H18FN3O3. The predicted molar refractivity (Wildman–Crippen MR) is 72.6 cm³/mol. The molecule has 1 aromatic carbocycles. The molecule has 0 aliphatic carbocycles. The van der Waals surface area contributed by atoms with Crippen molar-refractivity contribution < 1.29 is 18.7 Å². The summed E-state index contributed by atoms with van der Waals surface area (Å²) in [6.07, 6.45) is 0. The van der Waals surface area contributed by atoms with E-state index in [0.717, 1.165) is 6.07 Å². The highest BCUT2D eigenvalue weighted by Gasteiger charge is 2.16. The maximum atomic E-state index is 13.0. The Labute approximate surface area is 116 Å². The summed E-state index contributed by atoms with van der Waals surface area (Å²) in [5.74, 6) is -1.41. The number of carbonyl (C=O) groups excluding carboxylic acids is 2. The number of amides is 2. The van der Waals surface area contributed by atoms with Crippen LogP contribution in [-0.2, 0) is 9.53 Å². The molecule has 1 unspecified atom stereocenters. The van der Waals surface area contributed by atoms with E-state index in [1.54, 1.807) is 6.92 Å². The zero-order valence-corrected chi connectivity index (χ0v) is 11.4. The van der Waals surface area contributed by atoms with Crippen molar-refractivity contribution in [1.29, 1.82) is 0 Å². The minimum absolute atomic E-state index is 0.116. The van der Waals surface area contributed by atoms with Gasteiger partial charge in [0.2, 0.25) is 5.91 Å². The Hall–Kier alpha value is -2.15. The van der Waals surface area contributed by atoms with Gasteiger partial charge in [-0.05, 0) is 25.1 Å². The van der Waals surface area contributed by atoms with Crippen LogP contribution in [0, 0.1) is 5.82 Å². The first kappa shape index (κ1) is 15.9. The molecule has 7 heteroatoms. The molecule has 6 nitrogen and oxygen atoms in total. The van der Waals surface area contributed by atoms with Crippen LogP contribution < -0.4 is 16.4 Å². The van der Waals surface area contributed by atoms with Crippen molar-refractivity contribution >= 4 is 17.5 Å². The fourth-order valence-corrected chi connectivity index (χ4v) is 1.46. The average Bonchev–Trinajstić information content (AvgIpc) is 2.41. The van der Waals surface area contributed by atoms with Crippen molar-refractivity contribution in [3.05, 3.63) is 29.6 Å². The number of halogens is 1. The van der Waals surface area contributed by atoms with Gasteiger partial charge in [0.05, 0.1) is 12.3 Å². The van der Waals surface area contributed by atoms with Crippen LogP contribution in [0.4, 0.5) is 10.1 Å². The molecule has 0 radical (unpaired) electrons. The topological polar surface area (TPSA) is 93.5 Å². The Morgan fingerprint density at radius 2 is 2.15 bits per heavy atom. The van der Waals surface area contributed by atoms with Crippen LogP contribution in [0.1, 0.15) is 17.3 Å². The first-order valence-electron chi connectivity index (χ1n) is 6.08. The SMILES string of the molecule is COCCNC(=O)C(C)NC(=O)c1ccc(F)c(N)c1. The number of methoxy groups -OCH3 is 1. The number of nitrogens with two attached hydrogens (primary N) is 1. The highest BCUT2D eigenvalue weighted by molar-refractivity contribution is 5.98. The molecule has 110 valence electrons. The molecule has 0 heterocycles. The Kier molecular flexibility index (Phi) is 5.92. The smallest absolute Gasteiger partial charge is 0.251 e. The molecule has 4 N–H and O–H groups in total. The maximum absolute atomic E-state index is 13.0. The monoisotopic (exact) mass is 283 g/mol. The van der Waals surface area contributed by atoms with Crippen molar-refractivity contribution in [3.8, 4) is 0 Å². The number of benzene rings is 1. The van der Waals surface area contributed by atoms with Gasteiger partial charge in [0.25, 0.3) is 5.91 Å². The van der Waals surface area contributed by atoms with Crippen LogP contribution >= 0.6 is 0 Å². The van der Waals surface area contributed by atoms with E-state index in [9.17, 15) is 14.0 Å². The second-order valence-electron chi connectivity index (χ2n) is 4.22. The molecule has 2 amide bonds. The highest BCUT2D eigenvalue weighted by Crippen LogP contribution is 2.12. The number of carbonyl (C=O) groups is 2. The summed E-state index contributed by atoms with van der Waals surface area (Å²) in [7, 11) is 1.52. The van der Waals surface area contributed by atoms with Crippen molar-refractivity contribution in [1.82, 2.24) is 10.6 Å². The first-order valence-corrected chi connectivity index (χ1v) is 6.08. The van der Waals surface area contributed by atoms with Gasteiger partial charge in [0.15, 0.2) is 0 Å². The zero-order chi connectivity index (χ0) is 15.1. The fraction of sp³-hybridized carbons (Fsp3) is 0.385. The number of hydrogen-bond acceptors (Lipinski definition) is 4. The van der Waals surface area contributed by atoms with Crippen LogP contribution in [0.2, 0.25) is 0 Å². The van der Waals surface area contributed by atoms with Gasteiger partial charge in [-0.3, -0.25) is 9.59 Å². The van der Waals surface area contributed by atoms with Crippen LogP contribution in [0.5, 0.6) is 0 Å². The number of rotatable bonds is 6. The highest BCUT2D eigenvalue weighted by atomic mass is 19.1. The molecular weight excluding hydrogens is 265 g/mol. The van der Waals surface area contributed by atoms with Crippen molar-refractivity contribution in [2.24, 2.45) is 0 Å². The molecule has 0 bridgehead atoms. The van der Waals surface area contributed by atoms with Crippen molar-refractivity contribution in [3.63, 3.8) is 0 Å². The summed E-state index contributed by atoms with van der Waals surface area (Å²) in [4.78, 5) is 23.5. The van der Waals surface area contributed by atoms with Gasteiger partial charge in [-0.1, -0.05) is 0 Å². The van der Waals surface area contributed by atoms with E-state index >= 15 is 0 Å².